The van der Waals surface area contributed by atoms with Gasteiger partial charge in [-0.1, -0.05) is 0 Å². The zero-order chi connectivity index (χ0) is 18.7. The quantitative estimate of drug-likeness (QED) is 0.501. The van der Waals surface area contributed by atoms with Crippen LogP contribution < -0.4 is 15.4 Å². The molecule has 0 bridgehead atoms. The number of hydrogen-bond acceptors (Lipinski definition) is 3. The zero-order valence-electron chi connectivity index (χ0n) is 13.0. The van der Waals surface area contributed by atoms with Crippen molar-refractivity contribution in [1.82, 2.24) is 0 Å². The summed E-state index contributed by atoms with van der Waals surface area (Å²) in [6, 6.07) is 4.31. The summed E-state index contributed by atoms with van der Waals surface area (Å²) >= 11 is 0. The molecule has 0 heterocycles. The van der Waals surface area contributed by atoms with Crippen LogP contribution in [-0.4, -0.2) is 18.9 Å². The molecule has 0 aliphatic rings. The fraction of sp³-hybridized carbons (Fsp3) is 0.125. The first-order chi connectivity index (χ1) is 11.7. The molecule has 0 aliphatic heterocycles. The highest BCUT2D eigenvalue weighted by molar-refractivity contribution is 6.05. The predicted octanol–water partition coefficient (Wildman–Crippen LogP) is 3.46. The molecule has 5 nitrogen and oxygen atoms in total. The minimum atomic E-state index is -2.08. The lowest BCUT2D eigenvalue weighted by atomic mass is 10.1. The van der Waals surface area contributed by atoms with E-state index in [1.54, 1.807) is 0 Å². The lowest BCUT2D eigenvalue weighted by Gasteiger charge is -2.12. The van der Waals surface area contributed by atoms with Crippen LogP contribution in [0.5, 0.6) is 5.75 Å². The van der Waals surface area contributed by atoms with Crippen LogP contribution in [0.3, 0.4) is 0 Å². The number of amides is 2. The zero-order valence-corrected chi connectivity index (χ0v) is 13.0. The van der Waals surface area contributed by atoms with Crippen LogP contribution in [0.25, 0.3) is 0 Å². The summed E-state index contributed by atoms with van der Waals surface area (Å²) in [7, 11) is 1.32. The summed E-state index contributed by atoms with van der Waals surface area (Å²) in [5.74, 6) is -8.94. The molecule has 0 aliphatic carbocycles. The first-order valence-electron chi connectivity index (χ1n) is 6.84. The van der Waals surface area contributed by atoms with Crippen LogP contribution in [-0.2, 0) is 4.79 Å². The third-order valence-corrected chi connectivity index (χ3v) is 3.12. The maximum atomic E-state index is 13.6. The normalized spacial score (nSPS) is 10.3. The van der Waals surface area contributed by atoms with Gasteiger partial charge in [0.05, 0.1) is 18.4 Å². The van der Waals surface area contributed by atoms with E-state index in [0.29, 0.717) is 5.69 Å². The summed E-state index contributed by atoms with van der Waals surface area (Å²) in [4.78, 5) is 23.1. The predicted molar refractivity (Wildman–Crippen MR) is 81.5 cm³/mol. The molecular formula is C16H12F4N2O3. The van der Waals surface area contributed by atoms with E-state index < -0.39 is 34.7 Å². The molecule has 0 aromatic heterocycles. The summed E-state index contributed by atoms with van der Waals surface area (Å²) in [5.41, 5.74) is -0.583. The highest BCUT2D eigenvalue weighted by Crippen LogP contribution is 2.28. The monoisotopic (exact) mass is 356 g/mol. The van der Waals surface area contributed by atoms with Crippen molar-refractivity contribution in [2.45, 2.75) is 6.92 Å². The van der Waals surface area contributed by atoms with Gasteiger partial charge >= 0.3 is 0 Å². The Balaban J connectivity index is 2.31. The molecule has 0 spiro atoms. The number of rotatable bonds is 4. The number of methoxy groups -OCH3 is 1. The molecular weight excluding hydrogens is 344 g/mol. The average Bonchev–Trinajstić information content (AvgIpc) is 2.57. The lowest BCUT2D eigenvalue weighted by molar-refractivity contribution is -0.114. The number of carbonyl (C=O) groups excluding carboxylic acids is 2. The Bertz CT molecular complexity index is 856. The molecule has 2 rings (SSSR count). The van der Waals surface area contributed by atoms with Crippen LogP contribution in [0.1, 0.15) is 17.3 Å². The average molecular weight is 356 g/mol. The van der Waals surface area contributed by atoms with E-state index in [4.69, 9.17) is 4.74 Å². The Morgan fingerprint density at radius 1 is 0.960 bits per heavy atom. The molecule has 0 unspecified atom stereocenters. The maximum Gasteiger partial charge on any atom is 0.258 e. The molecule has 0 saturated carbocycles. The Kier molecular flexibility index (Phi) is 5.26. The second kappa shape index (κ2) is 7.20. The molecule has 9 heteroatoms. The van der Waals surface area contributed by atoms with Crippen molar-refractivity contribution in [3.63, 3.8) is 0 Å². The van der Waals surface area contributed by atoms with Crippen LogP contribution in [0, 0.1) is 23.3 Å². The van der Waals surface area contributed by atoms with E-state index in [-0.39, 0.29) is 23.4 Å². The molecule has 0 fully saturated rings. The number of benzene rings is 2. The Hall–Kier alpha value is -3.10. The van der Waals surface area contributed by atoms with E-state index in [1.807, 2.05) is 0 Å². The van der Waals surface area contributed by atoms with E-state index in [9.17, 15) is 27.2 Å². The van der Waals surface area contributed by atoms with Gasteiger partial charge in [-0.25, -0.2) is 17.6 Å². The van der Waals surface area contributed by atoms with Crippen LogP contribution in [0.2, 0.25) is 0 Å². The largest absolute Gasteiger partial charge is 0.494 e. The Morgan fingerprint density at radius 3 is 2.24 bits per heavy atom. The van der Waals surface area contributed by atoms with Gasteiger partial charge < -0.3 is 15.4 Å². The number of carbonyl (C=O) groups is 2. The topological polar surface area (TPSA) is 67.4 Å². The molecule has 2 aromatic rings. The second-order valence-electron chi connectivity index (χ2n) is 4.90. The third kappa shape index (κ3) is 3.87. The van der Waals surface area contributed by atoms with Crippen molar-refractivity contribution in [2.24, 2.45) is 0 Å². The molecule has 0 radical (unpaired) electrons. The summed E-state index contributed by atoms with van der Waals surface area (Å²) in [6.07, 6.45) is 0. The first-order valence-corrected chi connectivity index (χ1v) is 6.84. The van der Waals surface area contributed by atoms with Gasteiger partial charge in [0.1, 0.15) is 5.75 Å². The fourth-order valence-electron chi connectivity index (χ4n) is 2.00. The maximum absolute atomic E-state index is 13.6. The van der Waals surface area contributed by atoms with Crippen molar-refractivity contribution in [2.75, 3.05) is 17.7 Å². The van der Waals surface area contributed by atoms with Crippen molar-refractivity contribution in [3.8, 4) is 5.75 Å². The van der Waals surface area contributed by atoms with Crippen LogP contribution >= 0.6 is 0 Å². The van der Waals surface area contributed by atoms with Crippen LogP contribution in [0.4, 0.5) is 28.9 Å². The molecule has 25 heavy (non-hydrogen) atoms. The van der Waals surface area contributed by atoms with E-state index in [1.165, 1.54) is 32.2 Å². The first kappa shape index (κ1) is 18.2. The molecule has 132 valence electrons. The number of ether oxygens (including phenoxy) is 1. The van der Waals surface area contributed by atoms with E-state index >= 15 is 0 Å². The van der Waals surface area contributed by atoms with E-state index in [0.717, 1.165) is 0 Å². The highest BCUT2D eigenvalue weighted by atomic mass is 19.2. The van der Waals surface area contributed by atoms with Crippen molar-refractivity contribution in [3.05, 3.63) is 53.1 Å². The standard InChI is InChI=1S/C16H12F4N2O3/c1-7(23)21-11-4-3-8(5-12(11)25-2)22-16(24)9-6-10(17)14(19)15(20)13(9)18/h3-6H,1-2H3,(H,21,23)(H,22,24). The smallest absolute Gasteiger partial charge is 0.258 e. The van der Waals surface area contributed by atoms with Crippen molar-refractivity contribution < 1.29 is 31.9 Å². The SMILES string of the molecule is COc1cc(NC(=O)c2cc(F)c(F)c(F)c2F)ccc1NC(C)=O. The van der Waals surface area contributed by atoms with Gasteiger partial charge in [-0.05, 0) is 18.2 Å². The van der Waals surface area contributed by atoms with Gasteiger partial charge in [0.2, 0.25) is 5.91 Å². The number of nitrogens with one attached hydrogen (secondary N) is 2. The number of halogens is 4. The summed E-state index contributed by atoms with van der Waals surface area (Å²) in [5, 5.41) is 4.69. The van der Waals surface area contributed by atoms with Gasteiger partial charge in [-0.2, -0.15) is 0 Å². The second-order valence-corrected chi connectivity index (χ2v) is 4.90. The Morgan fingerprint density at radius 2 is 1.64 bits per heavy atom. The van der Waals surface area contributed by atoms with Crippen LogP contribution in [0.15, 0.2) is 24.3 Å². The van der Waals surface area contributed by atoms with E-state index in [2.05, 4.69) is 10.6 Å². The van der Waals surface area contributed by atoms with Crippen molar-refractivity contribution in [1.29, 1.82) is 0 Å². The molecule has 2 amide bonds. The lowest BCUT2D eigenvalue weighted by Crippen LogP contribution is -2.16. The minimum Gasteiger partial charge on any atom is -0.494 e. The minimum absolute atomic E-state index is 0.0977. The summed E-state index contributed by atoms with van der Waals surface area (Å²) in [6.45, 7) is 1.29. The summed E-state index contributed by atoms with van der Waals surface area (Å²) < 4.78 is 58.0. The molecule has 0 saturated heterocycles. The van der Waals surface area contributed by atoms with Gasteiger partial charge in [0.15, 0.2) is 23.3 Å². The number of hydrogen-bond donors (Lipinski definition) is 2. The number of anilines is 2. The molecule has 2 N–H and O–H groups in total. The van der Waals surface area contributed by atoms with Gasteiger partial charge in [-0.15, -0.1) is 0 Å². The van der Waals surface area contributed by atoms with Gasteiger partial charge in [0, 0.05) is 18.7 Å². The molecule has 0 atom stereocenters. The fourth-order valence-corrected chi connectivity index (χ4v) is 2.00. The third-order valence-electron chi connectivity index (χ3n) is 3.12. The van der Waals surface area contributed by atoms with Gasteiger partial charge in [-0.3, -0.25) is 9.59 Å². The molecule has 2 aromatic carbocycles. The Labute approximate surface area is 139 Å². The van der Waals surface area contributed by atoms with Gasteiger partial charge in [0.25, 0.3) is 5.91 Å². The van der Waals surface area contributed by atoms with Crippen molar-refractivity contribution >= 4 is 23.2 Å². The highest BCUT2D eigenvalue weighted by Gasteiger charge is 2.23.